The quantitative estimate of drug-likeness (QED) is 0.631. The van der Waals surface area contributed by atoms with Gasteiger partial charge in [-0.25, -0.2) is 0 Å². The summed E-state index contributed by atoms with van der Waals surface area (Å²) < 4.78 is 1.84. The van der Waals surface area contributed by atoms with Gasteiger partial charge in [-0.1, -0.05) is 35.5 Å². The SMILES string of the molecule is CC(=O)CSc1nnc(-c2ccc(NC(=O)c3ccccc3Cl)cc2)n1C. The van der Waals surface area contributed by atoms with Crippen LogP contribution in [0.5, 0.6) is 0 Å². The second-order valence-electron chi connectivity index (χ2n) is 5.87. The predicted octanol–water partition coefficient (Wildman–Crippen LogP) is 4.07. The van der Waals surface area contributed by atoms with E-state index in [9.17, 15) is 9.59 Å². The van der Waals surface area contributed by atoms with Crippen molar-refractivity contribution >= 4 is 40.7 Å². The van der Waals surface area contributed by atoms with Gasteiger partial charge in [-0.15, -0.1) is 10.2 Å². The Morgan fingerprint density at radius 1 is 1.11 bits per heavy atom. The number of aromatic nitrogens is 3. The number of nitrogens with one attached hydrogen (secondary N) is 1. The molecule has 0 saturated heterocycles. The van der Waals surface area contributed by atoms with Crippen LogP contribution < -0.4 is 5.32 Å². The summed E-state index contributed by atoms with van der Waals surface area (Å²) in [6.07, 6.45) is 0. The summed E-state index contributed by atoms with van der Waals surface area (Å²) in [5, 5.41) is 12.2. The third-order valence-electron chi connectivity index (χ3n) is 3.76. The number of halogens is 1. The number of rotatable bonds is 6. The highest BCUT2D eigenvalue weighted by Crippen LogP contribution is 2.24. The molecule has 1 heterocycles. The third-order valence-corrected chi connectivity index (χ3v) is 5.25. The molecule has 1 N–H and O–H groups in total. The first-order valence-electron chi connectivity index (χ1n) is 8.13. The van der Waals surface area contributed by atoms with E-state index in [1.807, 2.05) is 23.7 Å². The Kier molecular flexibility index (Phi) is 5.93. The molecule has 0 aliphatic rings. The van der Waals surface area contributed by atoms with E-state index in [4.69, 9.17) is 11.6 Å². The van der Waals surface area contributed by atoms with Crippen molar-refractivity contribution in [1.82, 2.24) is 14.8 Å². The van der Waals surface area contributed by atoms with E-state index in [-0.39, 0.29) is 11.7 Å². The highest BCUT2D eigenvalue weighted by molar-refractivity contribution is 7.99. The number of thioether (sulfide) groups is 1. The maximum Gasteiger partial charge on any atom is 0.257 e. The topological polar surface area (TPSA) is 76.9 Å². The van der Waals surface area contributed by atoms with Crippen LogP contribution in [0.2, 0.25) is 5.02 Å². The molecule has 0 aliphatic heterocycles. The summed E-state index contributed by atoms with van der Waals surface area (Å²) in [6.45, 7) is 1.54. The van der Waals surface area contributed by atoms with E-state index < -0.39 is 0 Å². The Morgan fingerprint density at radius 2 is 1.81 bits per heavy atom. The fraction of sp³-hybridized carbons (Fsp3) is 0.158. The number of amides is 1. The minimum absolute atomic E-state index is 0.0863. The van der Waals surface area contributed by atoms with Gasteiger partial charge in [-0.2, -0.15) is 0 Å². The number of ketones is 1. The van der Waals surface area contributed by atoms with Crippen molar-refractivity contribution in [1.29, 1.82) is 0 Å². The maximum absolute atomic E-state index is 12.3. The lowest BCUT2D eigenvalue weighted by Crippen LogP contribution is -2.12. The molecule has 0 fully saturated rings. The zero-order valence-electron chi connectivity index (χ0n) is 14.8. The molecule has 0 unspecified atom stereocenters. The van der Waals surface area contributed by atoms with Crippen LogP contribution in [0, 0.1) is 0 Å². The van der Waals surface area contributed by atoms with Crippen LogP contribution in [0.3, 0.4) is 0 Å². The molecule has 0 atom stereocenters. The molecule has 1 amide bonds. The second-order valence-corrected chi connectivity index (χ2v) is 7.22. The van der Waals surface area contributed by atoms with Gasteiger partial charge in [0, 0.05) is 18.3 Å². The first-order chi connectivity index (χ1) is 13.0. The van der Waals surface area contributed by atoms with Crippen LogP contribution in [-0.4, -0.2) is 32.2 Å². The van der Waals surface area contributed by atoms with Crippen LogP contribution in [0.4, 0.5) is 5.69 Å². The zero-order chi connectivity index (χ0) is 19.4. The molecule has 0 radical (unpaired) electrons. The summed E-state index contributed by atoms with van der Waals surface area (Å²) in [5.41, 5.74) is 1.93. The number of hydrogen-bond donors (Lipinski definition) is 1. The van der Waals surface area contributed by atoms with Crippen molar-refractivity contribution in [2.24, 2.45) is 7.05 Å². The lowest BCUT2D eigenvalue weighted by molar-refractivity contribution is -0.114. The van der Waals surface area contributed by atoms with Crippen molar-refractivity contribution in [3.05, 3.63) is 59.1 Å². The number of hydrogen-bond acceptors (Lipinski definition) is 5. The monoisotopic (exact) mass is 400 g/mol. The number of anilines is 1. The highest BCUT2D eigenvalue weighted by Gasteiger charge is 2.13. The third kappa shape index (κ3) is 4.56. The molecule has 27 heavy (non-hydrogen) atoms. The molecule has 0 spiro atoms. The van der Waals surface area contributed by atoms with Gasteiger partial charge in [0.15, 0.2) is 11.0 Å². The van der Waals surface area contributed by atoms with Gasteiger partial charge >= 0.3 is 0 Å². The lowest BCUT2D eigenvalue weighted by Gasteiger charge is -2.08. The summed E-state index contributed by atoms with van der Waals surface area (Å²) in [4.78, 5) is 23.5. The van der Waals surface area contributed by atoms with Crippen molar-refractivity contribution in [3.8, 4) is 11.4 Å². The van der Waals surface area contributed by atoms with Crippen molar-refractivity contribution in [2.45, 2.75) is 12.1 Å². The fourth-order valence-corrected chi connectivity index (χ4v) is 3.34. The van der Waals surface area contributed by atoms with Gasteiger partial charge < -0.3 is 9.88 Å². The molecule has 6 nitrogen and oxygen atoms in total. The zero-order valence-corrected chi connectivity index (χ0v) is 16.3. The molecule has 8 heteroatoms. The van der Waals surface area contributed by atoms with Crippen LogP contribution in [0.1, 0.15) is 17.3 Å². The first kappa shape index (κ1) is 19.1. The smallest absolute Gasteiger partial charge is 0.257 e. The first-order valence-corrected chi connectivity index (χ1v) is 9.50. The van der Waals surface area contributed by atoms with Gasteiger partial charge in [-0.05, 0) is 43.3 Å². The van der Waals surface area contributed by atoms with Crippen LogP contribution in [-0.2, 0) is 11.8 Å². The molecule has 138 valence electrons. The molecular weight excluding hydrogens is 384 g/mol. The summed E-state index contributed by atoms with van der Waals surface area (Å²) in [7, 11) is 1.85. The molecule has 0 bridgehead atoms. The van der Waals surface area contributed by atoms with E-state index in [0.29, 0.717) is 33.0 Å². The van der Waals surface area contributed by atoms with Crippen LogP contribution in [0.25, 0.3) is 11.4 Å². The highest BCUT2D eigenvalue weighted by atomic mass is 35.5. The van der Waals surface area contributed by atoms with E-state index in [2.05, 4.69) is 15.5 Å². The van der Waals surface area contributed by atoms with E-state index in [1.54, 1.807) is 43.3 Å². The number of nitrogens with zero attached hydrogens (tertiary/aromatic N) is 3. The second kappa shape index (κ2) is 8.37. The van der Waals surface area contributed by atoms with Gasteiger partial charge in [0.25, 0.3) is 5.91 Å². The normalized spacial score (nSPS) is 10.6. The number of carbonyl (C=O) groups excluding carboxylic acids is 2. The largest absolute Gasteiger partial charge is 0.322 e. The lowest BCUT2D eigenvalue weighted by atomic mass is 10.1. The minimum atomic E-state index is -0.269. The number of carbonyl (C=O) groups is 2. The average Bonchev–Trinajstić information content (AvgIpc) is 3.01. The van der Waals surface area contributed by atoms with E-state index in [0.717, 1.165) is 5.56 Å². The Balaban J connectivity index is 1.73. The summed E-state index contributed by atoms with van der Waals surface area (Å²) in [6, 6.07) is 14.2. The van der Waals surface area contributed by atoms with Crippen LogP contribution >= 0.6 is 23.4 Å². The van der Waals surface area contributed by atoms with Crippen molar-refractivity contribution in [2.75, 3.05) is 11.1 Å². The standard InChI is InChI=1S/C19H17ClN4O2S/c1-12(25)11-27-19-23-22-17(24(19)2)13-7-9-14(10-8-13)21-18(26)15-5-3-4-6-16(15)20/h3-10H,11H2,1-2H3,(H,21,26). The Hall–Kier alpha value is -2.64. The minimum Gasteiger partial charge on any atom is -0.322 e. The predicted molar refractivity (Wildman–Crippen MR) is 107 cm³/mol. The van der Waals surface area contributed by atoms with Gasteiger partial charge in [-0.3, -0.25) is 9.59 Å². The van der Waals surface area contributed by atoms with Gasteiger partial charge in [0.2, 0.25) is 0 Å². The number of Topliss-reactive ketones (excluding diaryl/α,β-unsaturated/α-hetero) is 1. The molecule has 3 rings (SSSR count). The van der Waals surface area contributed by atoms with E-state index >= 15 is 0 Å². The molecule has 2 aromatic carbocycles. The summed E-state index contributed by atoms with van der Waals surface area (Å²) in [5.74, 6) is 0.863. The van der Waals surface area contributed by atoms with Crippen molar-refractivity contribution in [3.63, 3.8) is 0 Å². The average molecular weight is 401 g/mol. The van der Waals surface area contributed by atoms with Gasteiger partial charge in [0.05, 0.1) is 16.3 Å². The Labute approximate surface area is 165 Å². The molecule has 1 aromatic heterocycles. The molecule has 0 aliphatic carbocycles. The van der Waals surface area contributed by atoms with Gasteiger partial charge in [0.1, 0.15) is 5.78 Å². The fourth-order valence-electron chi connectivity index (χ4n) is 2.40. The molecule has 3 aromatic rings. The molecule has 0 saturated carbocycles. The maximum atomic E-state index is 12.3. The number of benzene rings is 2. The Morgan fingerprint density at radius 3 is 2.48 bits per heavy atom. The molecular formula is C19H17ClN4O2S. The van der Waals surface area contributed by atoms with Crippen molar-refractivity contribution < 1.29 is 9.59 Å². The summed E-state index contributed by atoms with van der Waals surface area (Å²) >= 11 is 7.41. The Bertz CT molecular complexity index is 986. The van der Waals surface area contributed by atoms with E-state index in [1.165, 1.54) is 11.8 Å². The van der Waals surface area contributed by atoms with Crippen LogP contribution in [0.15, 0.2) is 53.7 Å².